The van der Waals surface area contributed by atoms with Crippen molar-refractivity contribution in [2.45, 2.75) is 25.7 Å². The average Bonchev–Trinajstić information content (AvgIpc) is 3.14. The lowest BCUT2D eigenvalue weighted by Gasteiger charge is -2.03. The van der Waals surface area contributed by atoms with E-state index in [0.29, 0.717) is 0 Å². The molecule has 3 rings (SSSR count). The van der Waals surface area contributed by atoms with E-state index >= 15 is 0 Å². The summed E-state index contributed by atoms with van der Waals surface area (Å²) in [6, 6.07) is 4.27. The van der Waals surface area contributed by atoms with E-state index in [0.717, 1.165) is 23.0 Å². The molecule has 0 unspecified atom stereocenters. The first kappa shape index (κ1) is 9.46. The third-order valence-corrected chi connectivity index (χ3v) is 2.91. The standard InChI is InChI=1S/C13H13N3/c1-9-15-7-12(8-16-9)13-6-11(4-5-14-13)10-2-3-10/h4-8,10H,2-3H2,1H3. The SMILES string of the molecule is Cc1ncc(-c2cc(C3CC3)ccn2)cn1. The lowest BCUT2D eigenvalue weighted by Crippen LogP contribution is -1.91. The van der Waals surface area contributed by atoms with Gasteiger partial charge in [0.05, 0.1) is 5.69 Å². The Hall–Kier alpha value is -1.77. The molecule has 1 aliphatic carbocycles. The van der Waals surface area contributed by atoms with Gasteiger partial charge in [-0.05, 0) is 43.4 Å². The normalized spacial score (nSPS) is 15.1. The van der Waals surface area contributed by atoms with Crippen LogP contribution in [0.3, 0.4) is 0 Å². The van der Waals surface area contributed by atoms with Gasteiger partial charge in [0.25, 0.3) is 0 Å². The van der Waals surface area contributed by atoms with Crippen LogP contribution in [0.5, 0.6) is 0 Å². The Balaban J connectivity index is 1.98. The average molecular weight is 211 g/mol. The van der Waals surface area contributed by atoms with Crippen LogP contribution >= 0.6 is 0 Å². The number of rotatable bonds is 2. The third-order valence-electron chi connectivity index (χ3n) is 2.91. The molecule has 0 N–H and O–H groups in total. The van der Waals surface area contributed by atoms with Gasteiger partial charge in [-0.1, -0.05) is 0 Å². The van der Waals surface area contributed by atoms with Crippen LogP contribution in [0, 0.1) is 6.92 Å². The number of nitrogens with zero attached hydrogens (tertiary/aromatic N) is 3. The molecule has 0 amide bonds. The van der Waals surface area contributed by atoms with Crippen molar-refractivity contribution in [3.8, 4) is 11.3 Å². The van der Waals surface area contributed by atoms with Crippen molar-refractivity contribution in [2.75, 3.05) is 0 Å². The maximum atomic E-state index is 4.37. The Morgan fingerprint density at radius 2 is 1.88 bits per heavy atom. The Labute approximate surface area is 94.6 Å². The van der Waals surface area contributed by atoms with E-state index in [1.54, 1.807) is 0 Å². The molecule has 0 aromatic carbocycles. The quantitative estimate of drug-likeness (QED) is 0.766. The molecule has 1 fully saturated rings. The molecule has 0 radical (unpaired) electrons. The topological polar surface area (TPSA) is 38.7 Å². The minimum absolute atomic E-state index is 0.758. The summed E-state index contributed by atoms with van der Waals surface area (Å²) in [6.07, 6.45) is 8.17. The molecule has 0 aliphatic heterocycles. The molecule has 2 heterocycles. The second-order valence-corrected chi connectivity index (χ2v) is 4.27. The van der Waals surface area contributed by atoms with Crippen molar-refractivity contribution >= 4 is 0 Å². The fraction of sp³-hybridized carbons (Fsp3) is 0.308. The molecule has 80 valence electrons. The second kappa shape index (κ2) is 3.67. The summed E-state index contributed by atoms with van der Waals surface area (Å²) in [5.41, 5.74) is 3.36. The van der Waals surface area contributed by atoms with Gasteiger partial charge in [0, 0.05) is 24.2 Å². The predicted octanol–water partition coefficient (Wildman–Crippen LogP) is 2.72. The minimum Gasteiger partial charge on any atom is -0.256 e. The molecule has 2 aromatic rings. The van der Waals surface area contributed by atoms with E-state index in [4.69, 9.17) is 0 Å². The second-order valence-electron chi connectivity index (χ2n) is 4.27. The van der Waals surface area contributed by atoms with Crippen LogP contribution in [-0.4, -0.2) is 15.0 Å². The molecule has 2 aromatic heterocycles. The van der Waals surface area contributed by atoms with Gasteiger partial charge in [0.2, 0.25) is 0 Å². The van der Waals surface area contributed by atoms with Crippen LogP contribution in [-0.2, 0) is 0 Å². The highest BCUT2D eigenvalue weighted by molar-refractivity contribution is 5.57. The van der Waals surface area contributed by atoms with Crippen LogP contribution < -0.4 is 0 Å². The highest BCUT2D eigenvalue weighted by atomic mass is 14.9. The van der Waals surface area contributed by atoms with Crippen molar-refractivity contribution in [2.24, 2.45) is 0 Å². The van der Waals surface area contributed by atoms with Gasteiger partial charge in [0.15, 0.2) is 0 Å². The highest BCUT2D eigenvalue weighted by Gasteiger charge is 2.23. The molecular weight excluding hydrogens is 198 g/mol. The molecule has 1 aliphatic rings. The van der Waals surface area contributed by atoms with Gasteiger partial charge < -0.3 is 0 Å². The molecular formula is C13H13N3. The van der Waals surface area contributed by atoms with E-state index in [9.17, 15) is 0 Å². The van der Waals surface area contributed by atoms with Crippen LogP contribution in [0.25, 0.3) is 11.3 Å². The predicted molar refractivity (Wildman–Crippen MR) is 62.0 cm³/mol. The van der Waals surface area contributed by atoms with E-state index < -0.39 is 0 Å². The molecule has 16 heavy (non-hydrogen) atoms. The maximum absolute atomic E-state index is 4.37. The lowest BCUT2D eigenvalue weighted by molar-refractivity contribution is 1.05. The fourth-order valence-corrected chi connectivity index (χ4v) is 1.80. The zero-order valence-electron chi connectivity index (χ0n) is 9.22. The van der Waals surface area contributed by atoms with Crippen LogP contribution in [0.4, 0.5) is 0 Å². The summed E-state index contributed by atoms with van der Waals surface area (Å²) in [4.78, 5) is 12.8. The molecule has 0 saturated heterocycles. The smallest absolute Gasteiger partial charge is 0.125 e. The molecule has 3 nitrogen and oxygen atoms in total. The first-order valence-corrected chi connectivity index (χ1v) is 5.58. The molecule has 0 atom stereocenters. The maximum Gasteiger partial charge on any atom is 0.125 e. The van der Waals surface area contributed by atoms with Gasteiger partial charge in [-0.25, -0.2) is 9.97 Å². The minimum atomic E-state index is 0.758. The van der Waals surface area contributed by atoms with Crippen LogP contribution in [0.15, 0.2) is 30.7 Å². The first-order valence-electron chi connectivity index (χ1n) is 5.58. The zero-order valence-corrected chi connectivity index (χ0v) is 9.22. The van der Waals surface area contributed by atoms with E-state index in [1.165, 1.54) is 18.4 Å². The van der Waals surface area contributed by atoms with Gasteiger partial charge in [-0.3, -0.25) is 4.98 Å². The van der Waals surface area contributed by atoms with Crippen molar-refractivity contribution in [3.63, 3.8) is 0 Å². The van der Waals surface area contributed by atoms with Crippen LogP contribution in [0.1, 0.15) is 30.1 Å². The van der Waals surface area contributed by atoms with E-state index in [-0.39, 0.29) is 0 Å². The number of pyridine rings is 1. The third kappa shape index (κ3) is 1.81. The van der Waals surface area contributed by atoms with Gasteiger partial charge in [-0.15, -0.1) is 0 Å². The summed E-state index contributed by atoms with van der Waals surface area (Å²) < 4.78 is 0. The molecule has 0 bridgehead atoms. The van der Waals surface area contributed by atoms with E-state index in [2.05, 4.69) is 27.1 Å². The van der Waals surface area contributed by atoms with Gasteiger partial charge >= 0.3 is 0 Å². The summed E-state index contributed by atoms with van der Waals surface area (Å²) in [6.45, 7) is 1.89. The zero-order chi connectivity index (χ0) is 11.0. The number of hydrogen-bond acceptors (Lipinski definition) is 3. The van der Waals surface area contributed by atoms with Crippen LogP contribution in [0.2, 0.25) is 0 Å². The van der Waals surface area contributed by atoms with Crippen molar-refractivity contribution in [1.82, 2.24) is 15.0 Å². The number of hydrogen-bond donors (Lipinski definition) is 0. The van der Waals surface area contributed by atoms with E-state index in [1.807, 2.05) is 25.5 Å². The summed E-state index contributed by atoms with van der Waals surface area (Å²) in [5.74, 6) is 1.55. The number of aromatic nitrogens is 3. The lowest BCUT2D eigenvalue weighted by atomic mass is 10.1. The summed E-state index contributed by atoms with van der Waals surface area (Å²) in [5, 5.41) is 0. The van der Waals surface area contributed by atoms with Crippen molar-refractivity contribution in [1.29, 1.82) is 0 Å². The monoisotopic (exact) mass is 211 g/mol. The Kier molecular flexibility index (Phi) is 2.17. The highest BCUT2D eigenvalue weighted by Crippen LogP contribution is 2.40. The summed E-state index contributed by atoms with van der Waals surface area (Å²) in [7, 11) is 0. The van der Waals surface area contributed by atoms with Crippen molar-refractivity contribution < 1.29 is 0 Å². The van der Waals surface area contributed by atoms with Gasteiger partial charge in [0.1, 0.15) is 5.82 Å². The largest absolute Gasteiger partial charge is 0.256 e. The Morgan fingerprint density at radius 3 is 2.56 bits per heavy atom. The Bertz CT molecular complexity index is 501. The molecule has 3 heteroatoms. The molecule has 1 saturated carbocycles. The Morgan fingerprint density at radius 1 is 1.12 bits per heavy atom. The number of aryl methyl sites for hydroxylation is 1. The summed E-state index contributed by atoms with van der Waals surface area (Å²) >= 11 is 0. The molecule has 0 spiro atoms. The fourth-order valence-electron chi connectivity index (χ4n) is 1.80. The van der Waals surface area contributed by atoms with Crippen molar-refractivity contribution in [3.05, 3.63) is 42.1 Å². The van der Waals surface area contributed by atoms with Gasteiger partial charge in [-0.2, -0.15) is 0 Å². The first-order chi connectivity index (χ1) is 7.83.